The monoisotopic (exact) mass is 334 g/mol. The van der Waals surface area contributed by atoms with Crippen LogP contribution in [0.1, 0.15) is 19.8 Å². The maximum Gasteiger partial charge on any atom is 0.244 e. The lowest BCUT2D eigenvalue weighted by molar-refractivity contribution is -0.128. The Morgan fingerprint density at radius 2 is 1.92 bits per heavy atom. The molecular weight excluding hydrogens is 308 g/mol. The van der Waals surface area contributed by atoms with Gasteiger partial charge in [-0.3, -0.25) is 4.79 Å². The number of likely N-dealkylation sites (tertiary alicyclic amines) is 1. The zero-order valence-electron chi connectivity index (χ0n) is 14.6. The lowest BCUT2D eigenvalue weighted by Gasteiger charge is -2.16. The first-order valence-electron chi connectivity index (χ1n) is 8.23. The molecule has 7 nitrogen and oxygen atoms in total. The van der Waals surface area contributed by atoms with Crippen molar-refractivity contribution in [3.8, 4) is 11.5 Å². The number of aliphatic imine (C=N–C) groups is 1. The number of nitrogens with zero attached hydrogens (tertiary/aromatic N) is 2. The fourth-order valence-corrected chi connectivity index (χ4v) is 2.57. The van der Waals surface area contributed by atoms with Crippen molar-refractivity contribution in [2.24, 2.45) is 4.99 Å². The summed E-state index contributed by atoms with van der Waals surface area (Å²) in [6, 6.07) is 5.52. The van der Waals surface area contributed by atoms with Gasteiger partial charge in [-0.25, -0.2) is 4.99 Å². The molecule has 2 N–H and O–H groups in total. The van der Waals surface area contributed by atoms with Crippen molar-refractivity contribution in [3.63, 3.8) is 0 Å². The minimum Gasteiger partial charge on any atom is -0.493 e. The van der Waals surface area contributed by atoms with E-state index in [0.29, 0.717) is 24.0 Å². The minimum absolute atomic E-state index is 0.0667. The first-order chi connectivity index (χ1) is 11.7. The van der Waals surface area contributed by atoms with Crippen LogP contribution in [0.4, 0.5) is 5.69 Å². The second kappa shape index (κ2) is 9.00. The van der Waals surface area contributed by atoms with Crippen LogP contribution in [0.5, 0.6) is 11.5 Å². The van der Waals surface area contributed by atoms with Crippen LogP contribution in [0.15, 0.2) is 23.2 Å². The summed E-state index contributed by atoms with van der Waals surface area (Å²) >= 11 is 0. The minimum atomic E-state index is 0.0667. The van der Waals surface area contributed by atoms with E-state index < -0.39 is 0 Å². The number of rotatable bonds is 6. The Balaban J connectivity index is 2.04. The van der Waals surface area contributed by atoms with E-state index in [0.717, 1.165) is 31.6 Å². The SMILES string of the molecule is CCNC(=NCC(=O)N1CCCC1)Nc1ccc(OC)c(OC)c1. The number of ether oxygens (including phenoxy) is 2. The molecule has 1 aliphatic heterocycles. The average molecular weight is 334 g/mol. The molecule has 1 fully saturated rings. The summed E-state index contributed by atoms with van der Waals surface area (Å²) in [4.78, 5) is 18.4. The average Bonchev–Trinajstić information content (AvgIpc) is 3.14. The molecule has 0 aromatic heterocycles. The van der Waals surface area contributed by atoms with E-state index in [4.69, 9.17) is 9.47 Å². The largest absolute Gasteiger partial charge is 0.493 e. The van der Waals surface area contributed by atoms with Gasteiger partial charge in [0, 0.05) is 31.4 Å². The molecule has 7 heteroatoms. The zero-order valence-corrected chi connectivity index (χ0v) is 14.6. The van der Waals surface area contributed by atoms with Crippen molar-refractivity contribution in [1.82, 2.24) is 10.2 Å². The van der Waals surface area contributed by atoms with Crippen molar-refractivity contribution >= 4 is 17.6 Å². The second-order valence-electron chi connectivity index (χ2n) is 5.48. The van der Waals surface area contributed by atoms with Crippen molar-refractivity contribution < 1.29 is 14.3 Å². The van der Waals surface area contributed by atoms with E-state index in [1.165, 1.54) is 0 Å². The molecule has 0 radical (unpaired) electrons. The Labute approximate surface area is 143 Å². The van der Waals surface area contributed by atoms with Gasteiger partial charge >= 0.3 is 0 Å². The molecule has 1 heterocycles. The normalized spacial score (nSPS) is 14.5. The Kier molecular flexibility index (Phi) is 6.72. The molecule has 24 heavy (non-hydrogen) atoms. The van der Waals surface area contributed by atoms with Crippen LogP contribution < -0.4 is 20.1 Å². The molecule has 1 saturated heterocycles. The Hall–Kier alpha value is -2.44. The fourth-order valence-electron chi connectivity index (χ4n) is 2.57. The van der Waals surface area contributed by atoms with E-state index >= 15 is 0 Å². The quantitative estimate of drug-likeness (QED) is 0.612. The fraction of sp³-hybridized carbons (Fsp3) is 0.529. The number of hydrogen-bond donors (Lipinski definition) is 2. The van der Waals surface area contributed by atoms with E-state index in [1.807, 2.05) is 30.0 Å². The second-order valence-corrected chi connectivity index (χ2v) is 5.48. The van der Waals surface area contributed by atoms with Crippen LogP contribution in [-0.4, -0.2) is 57.2 Å². The molecule has 0 unspecified atom stereocenters. The third-order valence-electron chi connectivity index (χ3n) is 3.82. The Morgan fingerprint density at radius 1 is 1.21 bits per heavy atom. The smallest absolute Gasteiger partial charge is 0.244 e. The van der Waals surface area contributed by atoms with Gasteiger partial charge in [0.25, 0.3) is 0 Å². The lowest BCUT2D eigenvalue weighted by atomic mass is 10.3. The van der Waals surface area contributed by atoms with Gasteiger partial charge in [-0.15, -0.1) is 0 Å². The Bertz CT molecular complexity index is 583. The third-order valence-corrected chi connectivity index (χ3v) is 3.82. The molecule has 0 bridgehead atoms. The summed E-state index contributed by atoms with van der Waals surface area (Å²) in [5, 5.41) is 6.32. The molecule has 0 spiro atoms. The predicted molar refractivity (Wildman–Crippen MR) is 95.0 cm³/mol. The highest BCUT2D eigenvalue weighted by Crippen LogP contribution is 2.29. The van der Waals surface area contributed by atoms with Gasteiger partial charge in [0.1, 0.15) is 6.54 Å². The van der Waals surface area contributed by atoms with Crippen LogP contribution in [0.25, 0.3) is 0 Å². The summed E-state index contributed by atoms with van der Waals surface area (Å²) in [7, 11) is 3.19. The van der Waals surface area contributed by atoms with Gasteiger partial charge in [-0.1, -0.05) is 0 Å². The summed E-state index contributed by atoms with van der Waals surface area (Å²) in [5.74, 6) is 1.93. The van der Waals surface area contributed by atoms with Crippen molar-refractivity contribution in [2.45, 2.75) is 19.8 Å². The van der Waals surface area contributed by atoms with Crippen LogP contribution in [0.2, 0.25) is 0 Å². The van der Waals surface area contributed by atoms with Crippen molar-refractivity contribution in [2.75, 3.05) is 45.7 Å². The van der Waals surface area contributed by atoms with E-state index in [1.54, 1.807) is 14.2 Å². The molecule has 2 rings (SSSR count). The summed E-state index contributed by atoms with van der Waals surface area (Å²) < 4.78 is 10.5. The maximum absolute atomic E-state index is 12.1. The summed E-state index contributed by atoms with van der Waals surface area (Å²) in [6.45, 7) is 4.51. The molecule has 132 valence electrons. The highest BCUT2D eigenvalue weighted by atomic mass is 16.5. The molecule has 1 aromatic rings. The molecule has 0 atom stereocenters. The van der Waals surface area contributed by atoms with Crippen molar-refractivity contribution in [3.05, 3.63) is 18.2 Å². The summed E-state index contributed by atoms with van der Waals surface area (Å²) in [5.41, 5.74) is 0.806. The number of methoxy groups -OCH3 is 2. The van der Waals surface area contributed by atoms with Gasteiger partial charge in [-0.05, 0) is 31.9 Å². The highest BCUT2D eigenvalue weighted by Gasteiger charge is 2.17. The lowest BCUT2D eigenvalue weighted by Crippen LogP contribution is -2.34. The zero-order chi connectivity index (χ0) is 17.4. The number of benzene rings is 1. The van der Waals surface area contributed by atoms with Gasteiger partial charge in [0.2, 0.25) is 5.91 Å². The van der Waals surface area contributed by atoms with Crippen LogP contribution in [0.3, 0.4) is 0 Å². The van der Waals surface area contributed by atoms with Gasteiger partial charge in [-0.2, -0.15) is 0 Å². The van der Waals surface area contributed by atoms with E-state index in [2.05, 4.69) is 15.6 Å². The van der Waals surface area contributed by atoms with Gasteiger partial charge in [0.05, 0.1) is 14.2 Å². The van der Waals surface area contributed by atoms with Gasteiger partial charge < -0.3 is 25.0 Å². The molecule has 1 amide bonds. The number of carbonyl (C=O) groups is 1. The molecule has 0 saturated carbocycles. The first-order valence-corrected chi connectivity index (χ1v) is 8.23. The highest BCUT2D eigenvalue weighted by molar-refractivity contribution is 5.95. The molecule has 0 aliphatic carbocycles. The number of amides is 1. The standard InChI is InChI=1S/C17H26N4O3/c1-4-18-17(19-12-16(22)21-9-5-6-10-21)20-13-7-8-14(23-2)15(11-13)24-3/h7-8,11H,4-6,9-10,12H2,1-3H3,(H2,18,19,20). The van der Waals surface area contributed by atoms with Crippen LogP contribution in [-0.2, 0) is 4.79 Å². The topological polar surface area (TPSA) is 75.2 Å². The number of guanidine groups is 1. The first kappa shape index (κ1) is 17.9. The molecule has 1 aliphatic rings. The van der Waals surface area contributed by atoms with E-state index in [-0.39, 0.29) is 12.5 Å². The predicted octanol–water partition coefficient (Wildman–Crippen LogP) is 1.70. The van der Waals surface area contributed by atoms with E-state index in [9.17, 15) is 4.79 Å². The number of carbonyl (C=O) groups excluding carboxylic acids is 1. The third kappa shape index (κ3) is 4.78. The van der Waals surface area contributed by atoms with Crippen molar-refractivity contribution in [1.29, 1.82) is 0 Å². The summed E-state index contributed by atoms with van der Waals surface area (Å²) in [6.07, 6.45) is 2.17. The maximum atomic E-state index is 12.1. The van der Waals surface area contributed by atoms with Crippen LogP contribution in [0, 0.1) is 0 Å². The molecular formula is C17H26N4O3. The molecule has 1 aromatic carbocycles. The van der Waals surface area contributed by atoms with Gasteiger partial charge in [0.15, 0.2) is 17.5 Å². The Morgan fingerprint density at radius 3 is 2.54 bits per heavy atom. The number of hydrogen-bond acceptors (Lipinski definition) is 4. The van der Waals surface area contributed by atoms with Crippen LogP contribution >= 0.6 is 0 Å². The number of anilines is 1. The number of nitrogens with one attached hydrogen (secondary N) is 2.